The summed E-state index contributed by atoms with van der Waals surface area (Å²) in [5.74, 6) is 0. The topological polar surface area (TPSA) is 29.5 Å². The van der Waals surface area contributed by atoms with E-state index in [4.69, 9.17) is 4.74 Å². The summed E-state index contributed by atoms with van der Waals surface area (Å²) in [6.07, 6.45) is 2.15. The molecule has 0 saturated heterocycles. The van der Waals surface area contributed by atoms with Gasteiger partial charge in [-0.15, -0.1) is 0 Å². The van der Waals surface area contributed by atoms with Crippen LogP contribution >= 0.6 is 0 Å². The van der Waals surface area contributed by atoms with Crippen LogP contribution in [0.25, 0.3) is 0 Å². The number of ether oxygens (including phenoxy) is 1. The summed E-state index contributed by atoms with van der Waals surface area (Å²) in [6, 6.07) is 8.12. The third kappa shape index (κ3) is 0.740. The Kier molecular flexibility index (Phi) is 1.45. The van der Waals surface area contributed by atoms with Gasteiger partial charge in [-0.3, -0.25) is 0 Å². The molecule has 2 aliphatic heterocycles. The molecule has 2 bridgehead atoms. The first kappa shape index (κ1) is 8.21. The van der Waals surface area contributed by atoms with Gasteiger partial charge in [-0.25, -0.2) is 0 Å². The predicted octanol–water partition coefficient (Wildman–Crippen LogP) is 1.91. The molecule has 0 radical (unpaired) electrons. The van der Waals surface area contributed by atoms with Crippen molar-refractivity contribution >= 4 is 0 Å². The number of rotatable bonds is 1. The van der Waals surface area contributed by atoms with E-state index in [0.717, 1.165) is 11.1 Å². The molecule has 3 rings (SSSR count). The van der Waals surface area contributed by atoms with E-state index < -0.39 is 5.60 Å². The van der Waals surface area contributed by atoms with Gasteiger partial charge in [0.05, 0.1) is 6.61 Å². The summed E-state index contributed by atoms with van der Waals surface area (Å²) >= 11 is 0. The normalized spacial score (nSPS) is 33.0. The Morgan fingerprint density at radius 3 is 3.00 bits per heavy atom. The first-order chi connectivity index (χ1) is 6.78. The number of benzene rings is 1. The maximum Gasteiger partial charge on any atom is 0.139 e. The molecular weight excluding hydrogens is 176 g/mol. The SMILES string of the molecule is CC1=CC2OC1(CO)c1ccccc12. The van der Waals surface area contributed by atoms with Crippen LogP contribution in [0.5, 0.6) is 0 Å². The first-order valence-corrected chi connectivity index (χ1v) is 4.85. The van der Waals surface area contributed by atoms with Crippen molar-refractivity contribution in [3.8, 4) is 0 Å². The molecule has 2 nitrogen and oxygen atoms in total. The van der Waals surface area contributed by atoms with Crippen molar-refractivity contribution in [2.24, 2.45) is 0 Å². The standard InChI is InChI=1S/C12H12O2/c1-8-6-11-9-4-2-3-5-10(9)12(8,7-13)14-11/h2-6,11,13H,7H2,1H3. The maximum absolute atomic E-state index is 9.49. The second-order valence-electron chi connectivity index (χ2n) is 3.96. The fraction of sp³-hybridized carbons (Fsp3) is 0.333. The Hall–Kier alpha value is -1.12. The third-order valence-electron chi connectivity index (χ3n) is 3.29. The summed E-state index contributed by atoms with van der Waals surface area (Å²) in [7, 11) is 0. The Bertz CT molecular complexity index is 422. The van der Waals surface area contributed by atoms with Crippen LogP contribution in [0.3, 0.4) is 0 Å². The monoisotopic (exact) mass is 188 g/mol. The number of hydrogen-bond acceptors (Lipinski definition) is 2. The van der Waals surface area contributed by atoms with Gasteiger partial charge in [-0.2, -0.15) is 0 Å². The van der Waals surface area contributed by atoms with Crippen molar-refractivity contribution < 1.29 is 9.84 Å². The Labute approximate surface area is 82.8 Å². The lowest BCUT2D eigenvalue weighted by Gasteiger charge is -2.25. The molecular formula is C12H12O2. The third-order valence-corrected chi connectivity index (χ3v) is 3.29. The zero-order valence-electron chi connectivity index (χ0n) is 8.03. The van der Waals surface area contributed by atoms with E-state index in [1.807, 2.05) is 25.1 Å². The minimum Gasteiger partial charge on any atom is -0.393 e. The van der Waals surface area contributed by atoms with Crippen molar-refractivity contribution in [3.63, 3.8) is 0 Å². The fourth-order valence-electron chi connectivity index (χ4n) is 2.49. The number of fused-ring (bicyclic) bond motifs is 5. The van der Waals surface area contributed by atoms with E-state index in [1.165, 1.54) is 5.56 Å². The highest BCUT2D eigenvalue weighted by Crippen LogP contribution is 2.53. The highest BCUT2D eigenvalue weighted by atomic mass is 16.5. The van der Waals surface area contributed by atoms with Crippen molar-refractivity contribution in [1.82, 2.24) is 0 Å². The molecule has 2 heteroatoms. The Morgan fingerprint density at radius 1 is 1.43 bits per heavy atom. The van der Waals surface area contributed by atoms with Crippen molar-refractivity contribution in [3.05, 3.63) is 47.0 Å². The molecule has 0 aromatic heterocycles. The average molecular weight is 188 g/mol. The minimum atomic E-state index is -0.540. The zero-order chi connectivity index (χ0) is 9.76. The van der Waals surface area contributed by atoms with Gasteiger partial charge < -0.3 is 9.84 Å². The van der Waals surface area contributed by atoms with E-state index >= 15 is 0 Å². The van der Waals surface area contributed by atoms with Gasteiger partial charge in [0.15, 0.2) is 0 Å². The van der Waals surface area contributed by atoms with E-state index in [2.05, 4.69) is 12.1 Å². The fourth-order valence-corrected chi connectivity index (χ4v) is 2.49. The second-order valence-corrected chi connectivity index (χ2v) is 3.96. The zero-order valence-corrected chi connectivity index (χ0v) is 8.03. The van der Waals surface area contributed by atoms with Gasteiger partial charge in [0.25, 0.3) is 0 Å². The molecule has 2 atom stereocenters. The highest BCUT2D eigenvalue weighted by Gasteiger charge is 2.49. The predicted molar refractivity (Wildman–Crippen MR) is 52.8 cm³/mol. The lowest BCUT2D eigenvalue weighted by atomic mass is 9.82. The molecule has 1 N–H and O–H groups in total. The molecule has 0 fully saturated rings. The van der Waals surface area contributed by atoms with Crippen molar-refractivity contribution in [1.29, 1.82) is 0 Å². The van der Waals surface area contributed by atoms with E-state index in [9.17, 15) is 5.11 Å². The van der Waals surface area contributed by atoms with Gasteiger partial charge in [-0.1, -0.05) is 24.3 Å². The van der Waals surface area contributed by atoms with Crippen molar-refractivity contribution in [2.45, 2.75) is 18.6 Å². The van der Waals surface area contributed by atoms with Gasteiger partial charge in [-0.05, 0) is 29.7 Å². The van der Waals surface area contributed by atoms with Crippen LogP contribution in [0.1, 0.15) is 24.2 Å². The molecule has 72 valence electrons. The summed E-state index contributed by atoms with van der Waals surface area (Å²) in [4.78, 5) is 0. The van der Waals surface area contributed by atoms with E-state index in [-0.39, 0.29) is 12.7 Å². The summed E-state index contributed by atoms with van der Waals surface area (Å²) in [6.45, 7) is 2.05. The average Bonchev–Trinajstić information content (AvgIpc) is 2.71. The van der Waals surface area contributed by atoms with Crippen LogP contribution in [-0.2, 0) is 10.3 Å². The van der Waals surface area contributed by atoms with Gasteiger partial charge in [0, 0.05) is 0 Å². The largest absolute Gasteiger partial charge is 0.393 e. The second kappa shape index (κ2) is 2.47. The number of hydrogen-bond donors (Lipinski definition) is 1. The molecule has 0 spiro atoms. The molecule has 2 unspecified atom stereocenters. The van der Waals surface area contributed by atoms with Gasteiger partial charge >= 0.3 is 0 Å². The molecule has 0 aliphatic carbocycles. The van der Waals surface area contributed by atoms with E-state index in [0.29, 0.717) is 0 Å². The van der Waals surface area contributed by atoms with Crippen LogP contribution in [0, 0.1) is 0 Å². The summed E-state index contributed by atoms with van der Waals surface area (Å²) < 4.78 is 5.85. The van der Waals surface area contributed by atoms with Crippen LogP contribution in [-0.4, -0.2) is 11.7 Å². The molecule has 0 saturated carbocycles. The summed E-state index contributed by atoms with van der Waals surface area (Å²) in [5.41, 5.74) is 2.92. The Morgan fingerprint density at radius 2 is 2.21 bits per heavy atom. The van der Waals surface area contributed by atoms with Gasteiger partial charge in [0.2, 0.25) is 0 Å². The van der Waals surface area contributed by atoms with E-state index in [1.54, 1.807) is 0 Å². The number of aliphatic hydroxyl groups excluding tert-OH is 1. The number of aliphatic hydroxyl groups is 1. The quantitative estimate of drug-likeness (QED) is 0.682. The lowest BCUT2D eigenvalue weighted by molar-refractivity contribution is -0.0455. The molecule has 2 aliphatic rings. The van der Waals surface area contributed by atoms with Crippen LogP contribution in [0.2, 0.25) is 0 Å². The van der Waals surface area contributed by atoms with Crippen LogP contribution in [0.4, 0.5) is 0 Å². The smallest absolute Gasteiger partial charge is 0.139 e. The van der Waals surface area contributed by atoms with Gasteiger partial charge in [0.1, 0.15) is 11.7 Å². The van der Waals surface area contributed by atoms with Crippen LogP contribution in [0.15, 0.2) is 35.9 Å². The first-order valence-electron chi connectivity index (χ1n) is 4.85. The van der Waals surface area contributed by atoms with Crippen LogP contribution < -0.4 is 0 Å². The maximum atomic E-state index is 9.49. The lowest BCUT2D eigenvalue weighted by Crippen LogP contribution is -2.29. The Balaban J connectivity index is 2.26. The molecule has 2 heterocycles. The highest BCUT2D eigenvalue weighted by molar-refractivity contribution is 5.50. The summed E-state index contributed by atoms with van der Waals surface area (Å²) in [5, 5.41) is 9.49. The molecule has 1 aromatic rings. The molecule has 1 aromatic carbocycles. The molecule has 14 heavy (non-hydrogen) atoms. The molecule has 0 amide bonds. The minimum absolute atomic E-state index is 0.0306. The van der Waals surface area contributed by atoms with Crippen molar-refractivity contribution in [2.75, 3.05) is 6.61 Å².